The quantitative estimate of drug-likeness (QED) is 0.167. The van der Waals surface area contributed by atoms with E-state index in [4.69, 9.17) is 9.47 Å². The summed E-state index contributed by atoms with van der Waals surface area (Å²) in [5.74, 6) is -1.26. The number of likely N-dealkylation sites (tertiary alicyclic amines) is 1. The van der Waals surface area contributed by atoms with Crippen LogP contribution in [0.5, 0.6) is 5.75 Å². The SMILES string of the molecule is COCCCN1C(=O)C(=O)/C(=C(/O)c2ccc(OC)cc2C)C1c1ccc([N+](=O)[O-])cc1. The van der Waals surface area contributed by atoms with Gasteiger partial charge in [0.05, 0.1) is 23.6 Å². The summed E-state index contributed by atoms with van der Waals surface area (Å²) < 4.78 is 10.2. The summed E-state index contributed by atoms with van der Waals surface area (Å²) in [5, 5.41) is 22.2. The number of aliphatic hydroxyl groups excluding tert-OH is 1. The average molecular weight is 440 g/mol. The normalized spacial score (nSPS) is 17.6. The van der Waals surface area contributed by atoms with Crippen molar-refractivity contribution in [3.63, 3.8) is 0 Å². The summed E-state index contributed by atoms with van der Waals surface area (Å²) in [5.41, 5.74) is 1.37. The molecule has 0 radical (unpaired) electrons. The number of nitrogens with zero attached hydrogens (tertiary/aromatic N) is 2. The maximum absolute atomic E-state index is 13.0. The van der Waals surface area contributed by atoms with Gasteiger partial charge in [0.1, 0.15) is 11.5 Å². The summed E-state index contributed by atoms with van der Waals surface area (Å²) in [7, 11) is 3.06. The lowest BCUT2D eigenvalue weighted by molar-refractivity contribution is -0.384. The molecule has 1 unspecified atom stereocenters. The molecular formula is C23H24N2O7. The number of rotatable bonds is 8. The van der Waals surface area contributed by atoms with Gasteiger partial charge in [-0.2, -0.15) is 0 Å². The van der Waals surface area contributed by atoms with E-state index >= 15 is 0 Å². The molecule has 3 rings (SSSR count). The van der Waals surface area contributed by atoms with E-state index in [-0.39, 0.29) is 23.6 Å². The molecule has 1 saturated heterocycles. The molecule has 1 amide bonds. The zero-order valence-corrected chi connectivity index (χ0v) is 18.0. The van der Waals surface area contributed by atoms with Crippen molar-refractivity contribution >= 4 is 23.1 Å². The molecule has 9 nitrogen and oxygen atoms in total. The van der Waals surface area contributed by atoms with Gasteiger partial charge in [-0.3, -0.25) is 19.7 Å². The van der Waals surface area contributed by atoms with Gasteiger partial charge in [-0.15, -0.1) is 0 Å². The minimum atomic E-state index is -0.880. The van der Waals surface area contributed by atoms with Crippen LogP contribution in [0.4, 0.5) is 5.69 Å². The standard InChI is InChI=1S/C23H24N2O7/c1-14-13-17(32-3)9-10-18(14)21(26)19-20(15-5-7-16(8-6-15)25(29)30)24(11-4-12-31-2)23(28)22(19)27/h5-10,13,20,26H,4,11-12H2,1-3H3/b21-19+. The number of ketones is 1. The second-order valence-corrected chi connectivity index (χ2v) is 7.37. The van der Waals surface area contributed by atoms with Crippen LogP contribution < -0.4 is 4.74 Å². The Balaban J connectivity index is 2.14. The van der Waals surface area contributed by atoms with Gasteiger partial charge in [0.2, 0.25) is 0 Å². The van der Waals surface area contributed by atoms with E-state index in [2.05, 4.69) is 0 Å². The van der Waals surface area contributed by atoms with Crippen LogP contribution in [0.15, 0.2) is 48.0 Å². The van der Waals surface area contributed by atoms with Gasteiger partial charge >= 0.3 is 0 Å². The third-order valence-corrected chi connectivity index (χ3v) is 5.40. The molecule has 2 aromatic rings. The summed E-state index contributed by atoms with van der Waals surface area (Å²) in [6, 6.07) is 9.70. The van der Waals surface area contributed by atoms with Crippen molar-refractivity contribution in [1.29, 1.82) is 0 Å². The highest BCUT2D eigenvalue weighted by Gasteiger charge is 2.46. The smallest absolute Gasteiger partial charge is 0.295 e. The van der Waals surface area contributed by atoms with Gasteiger partial charge in [-0.25, -0.2) is 0 Å². The average Bonchev–Trinajstić information content (AvgIpc) is 3.03. The Kier molecular flexibility index (Phi) is 6.89. The second-order valence-electron chi connectivity index (χ2n) is 7.37. The maximum atomic E-state index is 13.0. The minimum Gasteiger partial charge on any atom is -0.507 e. The number of ether oxygens (including phenoxy) is 2. The maximum Gasteiger partial charge on any atom is 0.295 e. The first-order valence-electron chi connectivity index (χ1n) is 9.96. The third-order valence-electron chi connectivity index (χ3n) is 5.40. The number of hydrogen-bond acceptors (Lipinski definition) is 7. The van der Waals surface area contributed by atoms with Gasteiger partial charge < -0.3 is 19.5 Å². The lowest BCUT2D eigenvalue weighted by atomic mass is 9.93. The van der Waals surface area contributed by atoms with Gasteiger partial charge in [-0.05, 0) is 54.8 Å². The Morgan fingerprint density at radius 1 is 1.16 bits per heavy atom. The van der Waals surface area contributed by atoms with E-state index in [1.807, 2.05) is 0 Å². The monoisotopic (exact) mass is 440 g/mol. The zero-order valence-electron chi connectivity index (χ0n) is 18.0. The molecule has 1 N–H and O–H groups in total. The highest BCUT2D eigenvalue weighted by Crippen LogP contribution is 2.40. The summed E-state index contributed by atoms with van der Waals surface area (Å²) in [6.07, 6.45) is 0.481. The number of carbonyl (C=O) groups is 2. The van der Waals surface area contributed by atoms with Gasteiger partial charge in [-0.1, -0.05) is 0 Å². The number of non-ortho nitro benzene ring substituents is 1. The zero-order chi connectivity index (χ0) is 23.4. The number of aliphatic hydroxyl groups is 1. The molecule has 9 heteroatoms. The van der Waals surface area contributed by atoms with Gasteiger partial charge in [0, 0.05) is 38.0 Å². The number of methoxy groups -OCH3 is 2. The molecule has 0 aromatic heterocycles. The number of carbonyl (C=O) groups excluding carboxylic acids is 2. The van der Waals surface area contributed by atoms with E-state index < -0.39 is 22.7 Å². The number of aryl methyl sites for hydroxylation is 1. The van der Waals surface area contributed by atoms with Crippen LogP contribution in [0.1, 0.15) is 29.2 Å². The summed E-state index contributed by atoms with van der Waals surface area (Å²) >= 11 is 0. The van der Waals surface area contributed by atoms with Crippen molar-refractivity contribution in [1.82, 2.24) is 4.90 Å². The van der Waals surface area contributed by atoms with E-state index in [1.54, 1.807) is 25.1 Å². The third kappa shape index (κ3) is 4.33. The van der Waals surface area contributed by atoms with Crippen molar-refractivity contribution in [2.45, 2.75) is 19.4 Å². The Morgan fingerprint density at radius 3 is 2.41 bits per heavy atom. The fraction of sp³-hybridized carbons (Fsp3) is 0.304. The molecule has 2 aromatic carbocycles. The Labute approximate surface area is 185 Å². The van der Waals surface area contributed by atoms with Crippen molar-refractivity contribution < 1.29 is 29.1 Å². The van der Waals surface area contributed by atoms with Crippen molar-refractivity contribution in [2.75, 3.05) is 27.4 Å². The lowest BCUT2D eigenvalue weighted by Crippen LogP contribution is -2.31. The number of hydrogen-bond donors (Lipinski definition) is 1. The molecule has 0 saturated carbocycles. The molecule has 32 heavy (non-hydrogen) atoms. The summed E-state index contributed by atoms with van der Waals surface area (Å²) in [4.78, 5) is 37.7. The predicted molar refractivity (Wildman–Crippen MR) is 116 cm³/mol. The van der Waals surface area contributed by atoms with Crippen LogP contribution in [0.2, 0.25) is 0 Å². The topological polar surface area (TPSA) is 119 Å². The first-order valence-corrected chi connectivity index (χ1v) is 9.96. The van der Waals surface area contributed by atoms with Crippen LogP contribution in [0.3, 0.4) is 0 Å². The molecule has 1 aliphatic heterocycles. The Bertz CT molecular complexity index is 1080. The first-order chi connectivity index (χ1) is 15.3. The number of amides is 1. The second kappa shape index (κ2) is 9.61. The summed E-state index contributed by atoms with van der Waals surface area (Å²) in [6.45, 7) is 2.36. The molecule has 0 bridgehead atoms. The molecule has 0 spiro atoms. The Hall–Kier alpha value is -3.72. The van der Waals surface area contributed by atoms with Crippen molar-refractivity contribution in [3.8, 4) is 5.75 Å². The number of nitro benzene ring substituents is 1. The Morgan fingerprint density at radius 2 is 1.84 bits per heavy atom. The van der Waals surface area contributed by atoms with Gasteiger partial charge in [0.15, 0.2) is 0 Å². The van der Waals surface area contributed by atoms with Gasteiger partial charge in [0.25, 0.3) is 17.4 Å². The van der Waals surface area contributed by atoms with Crippen LogP contribution in [0.25, 0.3) is 5.76 Å². The molecule has 1 heterocycles. The number of nitro groups is 1. The largest absolute Gasteiger partial charge is 0.507 e. The highest BCUT2D eigenvalue weighted by molar-refractivity contribution is 6.46. The predicted octanol–water partition coefficient (Wildman–Crippen LogP) is 3.37. The molecular weight excluding hydrogens is 416 g/mol. The van der Waals surface area contributed by atoms with E-state index in [0.29, 0.717) is 35.5 Å². The van der Waals surface area contributed by atoms with Crippen LogP contribution in [-0.4, -0.2) is 54.0 Å². The fourth-order valence-electron chi connectivity index (χ4n) is 3.79. The van der Waals surface area contributed by atoms with Crippen LogP contribution in [-0.2, 0) is 14.3 Å². The number of benzene rings is 2. The van der Waals surface area contributed by atoms with E-state index in [9.17, 15) is 24.8 Å². The first kappa shape index (κ1) is 23.0. The van der Waals surface area contributed by atoms with Crippen LogP contribution >= 0.6 is 0 Å². The fourth-order valence-corrected chi connectivity index (χ4v) is 3.79. The molecule has 1 aliphatic rings. The van der Waals surface area contributed by atoms with E-state index in [0.717, 1.165) is 0 Å². The minimum absolute atomic E-state index is 0.0606. The van der Waals surface area contributed by atoms with E-state index in [1.165, 1.54) is 43.4 Å². The number of Topliss-reactive ketones (excluding diaryl/α,β-unsaturated/α-hetero) is 1. The molecule has 1 fully saturated rings. The van der Waals surface area contributed by atoms with Crippen molar-refractivity contribution in [3.05, 3.63) is 74.8 Å². The molecule has 0 aliphatic carbocycles. The lowest BCUT2D eigenvalue weighted by Gasteiger charge is -2.25. The van der Waals surface area contributed by atoms with Crippen LogP contribution in [0, 0.1) is 17.0 Å². The van der Waals surface area contributed by atoms with Crippen molar-refractivity contribution in [2.24, 2.45) is 0 Å². The molecule has 168 valence electrons. The highest BCUT2D eigenvalue weighted by atomic mass is 16.6. The molecule has 1 atom stereocenters.